The molecular formula is C23H23N3O3S2. The summed E-state index contributed by atoms with van der Waals surface area (Å²) in [7, 11) is 0. The van der Waals surface area contributed by atoms with Crippen molar-refractivity contribution in [1.82, 2.24) is 9.55 Å². The van der Waals surface area contributed by atoms with Gasteiger partial charge in [0, 0.05) is 22.7 Å². The molecule has 2 aromatic heterocycles. The molecule has 0 atom stereocenters. The molecule has 2 heterocycles. The molecule has 1 aliphatic carbocycles. The van der Waals surface area contributed by atoms with Crippen LogP contribution in [0.25, 0.3) is 10.2 Å². The zero-order chi connectivity index (χ0) is 22.0. The molecule has 1 aromatic carbocycles. The lowest BCUT2D eigenvalue weighted by atomic mass is 9.97. The number of nitrogens with zero attached hydrogens (tertiary/aromatic N) is 2. The summed E-state index contributed by atoms with van der Waals surface area (Å²) in [6.07, 6.45) is 5.84. The Kier molecular flexibility index (Phi) is 6.38. The van der Waals surface area contributed by atoms with Gasteiger partial charge in [-0.05, 0) is 50.3 Å². The molecule has 1 amide bonds. The first kappa shape index (κ1) is 21.5. The average molecular weight is 454 g/mol. The van der Waals surface area contributed by atoms with Crippen molar-refractivity contribution in [3.63, 3.8) is 0 Å². The summed E-state index contributed by atoms with van der Waals surface area (Å²) in [4.78, 5) is 44.1. The van der Waals surface area contributed by atoms with E-state index < -0.39 is 0 Å². The van der Waals surface area contributed by atoms with Gasteiger partial charge >= 0.3 is 0 Å². The highest BCUT2D eigenvalue weighted by Crippen LogP contribution is 2.34. The predicted octanol–water partition coefficient (Wildman–Crippen LogP) is 4.46. The Labute approximate surface area is 188 Å². The van der Waals surface area contributed by atoms with E-state index in [1.807, 2.05) is 0 Å². The van der Waals surface area contributed by atoms with Crippen LogP contribution in [-0.4, -0.2) is 27.0 Å². The smallest absolute Gasteiger partial charge is 0.263 e. The zero-order valence-corrected chi connectivity index (χ0v) is 18.9. The maximum Gasteiger partial charge on any atom is 0.263 e. The van der Waals surface area contributed by atoms with Crippen LogP contribution in [0.1, 0.15) is 40.6 Å². The van der Waals surface area contributed by atoms with E-state index in [4.69, 9.17) is 4.98 Å². The number of amides is 1. The molecule has 31 heavy (non-hydrogen) atoms. The number of fused-ring (bicyclic) bond motifs is 3. The SMILES string of the molecule is C=CCn1c(SCC(=O)Nc2cccc(C(C)=O)c2)nc2sc3c(c2c1=O)CCCC3. The van der Waals surface area contributed by atoms with E-state index in [1.54, 1.807) is 46.2 Å². The van der Waals surface area contributed by atoms with Crippen LogP contribution in [0, 0.1) is 0 Å². The largest absolute Gasteiger partial charge is 0.325 e. The van der Waals surface area contributed by atoms with Gasteiger partial charge in [0.15, 0.2) is 10.9 Å². The Balaban J connectivity index is 1.57. The number of Topliss-reactive ketones (excluding diaryl/α,β-unsaturated/α-hetero) is 1. The van der Waals surface area contributed by atoms with Gasteiger partial charge in [-0.25, -0.2) is 4.98 Å². The molecule has 1 aliphatic rings. The number of allylic oxidation sites excluding steroid dienone is 1. The van der Waals surface area contributed by atoms with Gasteiger partial charge in [-0.3, -0.25) is 19.0 Å². The summed E-state index contributed by atoms with van der Waals surface area (Å²) in [5.74, 6) is -0.185. The van der Waals surface area contributed by atoms with Crippen molar-refractivity contribution in [2.45, 2.75) is 44.3 Å². The Bertz CT molecular complexity index is 1240. The summed E-state index contributed by atoms with van der Waals surface area (Å²) in [5.41, 5.74) is 2.21. The fourth-order valence-electron chi connectivity index (χ4n) is 3.76. The lowest BCUT2D eigenvalue weighted by Crippen LogP contribution is -2.24. The number of hydrogen-bond donors (Lipinski definition) is 1. The minimum atomic E-state index is -0.226. The summed E-state index contributed by atoms with van der Waals surface area (Å²) in [6, 6.07) is 6.83. The number of aromatic nitrogens is 2. The number of thioether (sulfide) groups is 1. The van der Waals surface area contributed by atoms with Gasteiger partial charge in [0.2, 0.25) is 5.91 Å². The summed E-state index contributed by atoms with van der Waals surface area (Å²) >= 11 is 2.83. The van der Waals surface area contributed by atoms with E-state index in [0.717, 1.165) is 41.5 Å². The lowest BCUT2D eigenvalue weighted by molar-refractivity contribution is -0.113. The second kappa shape index (κ2) is 9.20. The summed E-state index contributed by atoms with van der Waals surface area (Å²) < 4.78 is 1.60. The average Bonchev–Trinajstić information content (AvgIpc) is 3.13. The molecule has 0 spiro atoms. The van der Waals surface area contributed by atoms with Gasteiger partial charge in [-0.1, -0.05) is 30.0 Å². The number of carbonyl (C=O) groups excluding carboxylic acids is 2. The maximum absolute atomic E-state index is 13.2. The quantitative estimate of drug-likeness (QED) is 0.247. The van der Waals surface area contributed by atoms with E-state index in [9.17, 15) is 14.4 Å². The number of hydrogen-bond acceptors (Lipinski definition) is 6. The highest BCUT2D eigenvalue weighted by molar-refractivity contribution is 7.99. The second-order valence-electron chi connectivity index (χ2n) is 7.46. The van der Waals surface area contributed by atoms with Crippen molar-refractivity contribution in [2.75, 3.05) is 11.1 Å². The van der Waals surface area contributed by atoms with E-state index in [-0.39, 0.29) is 23.0 Å². The summed E-state index contributed by atoms with van der Waals surface area (Å²) in [5, 5.41) is 4.06. The molecule has 8 heteroatoms. The third-order valence-corrected chi connectivity index (χ3v) is 7.40. The van der Waals surface area contributed by atoms with Gasteiger partial charge < -0.3 is 5.32 Å². The number of anilines is 1. The van der Waals surface area contributed by atoms with E-state index >= 15 is 0 Å². The van der Waals surface area contributed by atoms with Crippen LogP contribution in [0.5, 0.6) is 0 Å². The van der Waals surface area contributed by atoms with Crippen LogP contribution in [0.3, 0.4) is 0 Å². The normalized spacial score (nSPS) is 13.1. The van der Waals surface area contributed by atoms with Crippen molar-refractivity contribution in [2.24, 2.45) is 0 Å². The maximum atomic E-state index is 13.2. The minimum Gasteiger partial charge on any atom is -0.325 e. The first-order chi connectivity index (χ1) is 15.0. The second-order valence-corrected chi connectivity index (χ2v) is 9.49. The van der Waals surface area contributed by atoms with Gasteiger partial charge in [0.25, 0.3) is 5.56 Å². The lowest BCUT2D eigenvalue weighted by Gasteiger charge is -2.12. The molecule has 3 aromatic rings. The first-order valence-electron chi connectivity index (χ1n) is 10.2. The molecule has 0 bridgehead atoms. The number of carbonyl (C=O) groups is 2. The van der Waals surface area contributed by atoms with Crippen LogP contribution in [-0.2, 0) is 24.2 Å². The van der Waals surface area contributed by atoms with Crippen LogP contribution >= 0.6 is 23.1 Å². The monoisotopic (exact) mass is 453 g/mol. The Morgan fingerprint density at radius 3 is 2.90 bits per heavy atom. The molecule has 0 saturated carbocycles. The number of rotatable bonds is 7. The van der Waals surface area contributed by atoms with Gasteiger partial charge in [0.1, 0.15) is 4.83 Å². The molecular weight excluding hydrogens is 430 g/mol. The topological polar surface area (TPSA) is 81.1 Å². The predicted molar refractivity (Wildman–Crippen MR) is 127 cm³/mol. The first-order valence-corrected chi connectivity index (χ1v) is 12.0. The standard InChI is InChI=1S/C23H23N3O3S2/c1-3-11-26-22(29)20-17-9-4-5-10-18(17)31-21(20)25-23(26)30-13-19(28)24-16-8-6-7-15(12-16)14(2)27/h3,6-8,12H,1,4-5,9-11,13H2,2H3,(H,24,28). The molecule has 160 valence electrons. The van der Waals surface area contributed by atoms with Crippen molar-refractivity contribution in [3.05, 3.63) is 63.3 Å². The van der Waals surface area contributed by atoms with Crippen LogP contribution < -0.4 is 10.9 Å². The number of benzene rings is 1. The number of aryl methyl sites for hydroxylation is 2. The van der Waals surface area contributed by atoms with Gasteiger partial charge in [-0.2, -0.15) is 0 Å². The van der Waals surface area contributed by atoms with Crippen LogP contribution in [0.2, 0.25) is 0 Å². The third kappa shape index (κ3) is 4.50. The molecule has 0 aliphatic heterocycles. The van der Waals surface area contributed by atoms with Crippen molar-refractivity contribution in [3.8, 4) is 0 Å². The zero-order valence-electron chi connectivity index (χ0n) is 17.3. The molecule has 0 saturated heterocycles. The fraction of sp³-hybridized carbons (Fsp3) is 0.304. The van der Waals surface area contributed by atoms with Crippen LogP contribution in [0.15, 0.2) is 46.9 Å². The number of ketones is 1. The van der Waals surface area contributed by atoms with E-state index in [1.165, 1.54) is 23.6 Å². The molecule has 1 N–H and O–H groups in total. The Morgan fingerprint density at radius 1 is 1.32 bits per heavy atom. The van der Waals surface area contributed by atoms with Gasteiger partial charge in [0.05, 0.1) is 11.1 Å². The van der Waals surface area contributed by atoms with Crippen molar-refractivity contribution >= 4 is 50.7 Å². The van der Waals surface area contributed by atoms with Crippen LogP contribution in [0.4, 0.5) is 5.69 Å². The van der Waals surface area contributed by atoms with Gasteiger partial charge in [-0.15, -0.1) is 17.9 Å². The number of thiophene rings is 1. The third-order valence-electron chi connectivity index (χ3n) is 5.24. The molecule has 0 unspecified atom stereocenters. The van der Waals surface area contributed by atoms with Crippen molar-refractivity contribution in [1.29, 1.82) is 0 Å². The summed E-state index contributed by atoms with van der Waals surface area (Å²) in [6.45, 7) is 5.60. The minimum absolute atomic E-state index is 0.0543. The van der Waals surface area contributed by atoms with E-state index in [2.05, 4.69) is 11.9 Å². The highest BCUT2D eigenvalue weighted by atomic mass is 32.2. The Hall–Kier alpha value is -2.71. The molecule has 0 fully saturated rings. The molecule has 4 rings (SSSR count). The Morgan fingerprint density at radius 2 is 2.13 bits per heavy atom. The number of nitrogens with one attached hydrogen (secondary N) is 1. The molecule has 6 nitrogen and oxygen atoms in total. The van der Waals surface area contributed by atoms with Crippen molar-refractivity contribution < 1.29 is 9.59 Å². The molecule has 0 radical (unpaired) electrons. The highest BCUT2D eigenvalue weighted by Gasteiger charge is 2.22. The van der Waals surface area contributed by atoms with E-state index in [0.29, 0.717) is 23.0 Å². The fourth-order valence-corrected chi connectivity index (χ4v) is 5.87.